The third kappa shape index (κ3) is 3.23. The third-order valence-electron chi connectivity index (χ3n) is 4.68. The molecule has 1 aromatic rings. The number of hydrogen-bond donors (Lipinski definition) is 2. The van der Waals surface area contributed by atoms with Crippen LogP contribution in [0.15, 0.2) is 0 Å². The van der Waals surface area contributed by atoms with Gasteiger partial charge in [0.25, 0.3) is 0 Å². The molecule has 2 rings (SSSR count). The van der Waals surface area contributed by atoms with Crippen molar-refractivity contribution in [3.05, 3.63) is 15.6 Å². The lowest BCUT2D eigenvalue weighted by Crippen LogP contribution is -2.33. The van der Waals surface area contributed by atoms with Gasteiger partial charge in [-0.15, -0.1) is 11.3 Å². The summed E-state index contributed by atoms with van der Waals surface area (Å²) in [6.45, 7) is 10.2. The number of aromatic nitrogens is 1. The third-order valence-corrected chi connectivity index (χ3v) is 5.82. The van der Waals surface area contributed by atoms with Crippen molar-refractivity contribution in [3.8, 4) is 0 Å². The first kappa shape index (κ1) is 15.9. The van der Waals surface area contributed by atoms with E-state index in [9.17, 15) is 5.11 Å². The zero-order chi connectivity index (χ0) is 15.1. The average Bonchev–Trinajstić information content (AvgIpc) is 2.69. The molecule has 0 spiro atoms. The van der Waals surface area contributed by atoms with Gasteiger partial charge in [0.05, 0.1) is 10.7 Å². The van der Waals surface area contributed by atoms with Crippen LogP contribution < -0.4 is 5.73 Å². The molecule has 114 valence electrons. The van der Waals surface area contributed by atoms with E-state index in [4.69, 9.17) is 10.7 Å². The van der Waals surface area contributed by atoms with Crippen molar-refractivity contribution < 1.29 is 5.11 Å². The van der Waals surface area contributed by atoms with Gasteiger partial charge in [-0.1, -0.05) is 13.8 Å². The lowest BCUT2D eigenvalue weighted by molar-refractivity contribution is 0.0736. The molecule has 3 nitrogen and oxygen atoms in total. The Kier molecular flexibility index (Phi) is 4.57. The predicted octanol–water partition coefficient (Wildman–Crippen LogP) is 3.55. The molecule has 1 aromatic heterocycles. The Hall–Kier alpha value is -0.450. The summed E-state index contributed by atoms with van der Waals surface area (Å²) in [4.78, 5) is 5.90. The lowest BCUT2D eigenvalue weighted by atomic mass is 9.89. The molecule has 0 radical (unpaired) electrons. The SMILES string of the molecule is Cc1sc(C2CC[C@@H](C)C(N)C(C)C2)nc1C(C)(C)O. The topological polar surface area (TPSA) is 59.1 Å². The quantitative estimate of drug-likeness (QED) is 0.821. The van der Waals surface area contributed by atoms with Crippen LogP contribution in [0.2, 0.25) is 0 Å². The summed E-state index contributed by atoms with van der Waals surface area (Å²) in [6.07, 6.45) is 3.45. The minimum atomic E-state index is -0.848. The summed E-state index contributed by atoms with van der Waals surface area (Å²) in [5.41, 5.74) is 6.30. The van der Waals surface area contributed by atoms with Crippen molar-refractivity contribution in [2.75, 3.05) is 0 Å². The maximum absolute atomic E-state index is 10.2. The van der Waals surface area contributed by atoms with Crippen LogP contribution in [-0.2, 0) is 5.60 Å². The number of aryl methyl sites for hydroxylation is 1. The first-order valence-corrected chi connectivity index (χ1v) is 8.47. The molecule has 0 amide bonds. The molecule has 3 N–H and O–H groups in total. The van der Waals surface area contributed by atoms with Gasteiger partial charge < -0.3 is 10.8 Å². The molecular formula is C16H28N2OS. The highest BCUT2D eigenvalue weighted by Crippen LogP contribution is 2.40. The molecule has 4 atom stereocenters. The van der Waals surface area contributed by atoms with E-state index in [0.717, 1.165) is 23.4 Å². The number of nitrogens with zero attached hydrogens (tertiary/aromatic N) is 1. The summed E-state index contributed by atoms with van der Waals surface area (Å²) in [5, 5.41) is 11.4. The predicted molar refractivity (Wildman–Crippen MR) is 85.0 cm³/mol. The Morgan fingerprint density at radius 3 is 2.45 bits per heavy atom. The van der Waals surface area contributed by atoms with Crippen LogP contribution in [0.25, 0.3) is 0 Å². The van der Waals surface area contributed by atoms with Gasteiger partial charge in [0.1, 0.15) is 5.60 Å². The van der Waals surface area contributed by atoms with Gasteiger partial charge in [0.2, 0.25) is 0 Å². The Morgan fingerprint density at radius 1 is 1.25 bits per heavy atom. The van der Waals surface area contributed by atoms with E-state index in [2.05, 4.69) is 20.8 Å². The van der Waals surface area contributed by atoms with Gasteiger partial charge in [0.15, 0.2) is 0 Å². The Morgan fingerprint density at radius 2 is 1.90 bits per heavy atom. The summed E-state index contributed by atoms with van der Waals surface area (Å²) < 4.78 is 0. The van der Waals surface area contributed by atoms with E-state index in [1.54, 1.807) is 11.3 Å². The van der Waals surface area contributed by atoms with Crippen LogP contribution in [0.1, 0.15) is 68.5 Å². The molecule has 4 heteroatoms. The van der Waals surface area contributed by atoms with Gasteiger partial charge in [-0.2, -0.15) is 0 Å². The number of aliphatic hydroxyl groups is 1. The Labute approximate surface area is 126 Å². The van der Waals surface area contributed by atoms with E-state index in [-0.39, 0.29) is 0 Å². The van der Waals surface area contributed by atoms with Crippen molar-refractivity contribution in [1.82, 2.24) is 4.98 Å². The molecule has 0 aliphatic heterocycles. The van der Waals surface area contributed by atoms with Crippen LogP contribution in [0, 0.1) is 18.8 Å². The van der Waals surface area contributed by atoms with E-state index in [0.29, 0.717) is 23.8 Å². The van der Waals surface area contributed by atoms with Crippen LogP contribution in [-0.4, -0.2) is 16.1 Å². The Balaban J connectivity index is 2.24. The monoisotopic (exact) mass is 296 g/mol. The smallest absolute Gasteiger partial charge is 0.102 e. The highest BCUT2D eigenvalue weighted by atomic mass is 32.1. The molecule has 1 saturated carbocycles. The fourth-order valence-electron chi connectivity index (χ4n) is 3.32. The zero-order valence-corrected chi connectivity index (χ0v) is 14.1. The molecule has 3 unspecified atom stereocenters. The van der Waals surface area contributed by atoms with Gasteiger partial charge in [-0.3, -0.25) is 0 Å². The van der Waals surface area contributed by atoms with Crippen LogP contribution in [0.4, 0.5) is 0 Å². The molecule has 20 heavy (non-hydrogen) atoms. The maximum Gasteiger partial charge on any atom is 0.102 e. The first-order chi connectivity index (χ1) is 9.20. The van der Waals surface area contributed by atoms with E-state index in [1.165, 1.54) is 11.4 Å². The maximum atomic E-state index is 10.2. The number of hydrogen-bond acceptors (Lipinski definition) is 4. The minimum absolute atomic E-state index is 0.301. The summed E-state index contributed by atoms with van der Waals surface area (Å²) in [6, 6.07) is 0.301. The highest BCUT2D eigenvalue weighted by Gasteiger charge is 2.31. The van der Waals surface area contributed by atoms with E-state index >= 15 is 0 Å². The summed E-state index contributed by atoms with van der Waals surface area (Å²) in [5.74, 6) is 1.62. The average molecular weight is 296 g/mol. The standard InChI is InChI=1S/C16H28N2OS/c1-9-6-7-12(8-10(2)13(9)17)15-18-14(11(3)20-15)16(4,5)19/h9-10,12-13,19H,6-8,17H2,1-5H3/t9-,10?,12?,13?/m1/s1. The van der Waals surface area contributed by atoms with Crippen LogP contribution in [0.5, 0.6) is 0 Å². The van der Waals surface area contributed by atoms with Crippen molar-refractivity contribution in [2.45, 2.75) is 71.4 Å². The molecule has 0 bridgehead atoms. The van der Waals surface area contributed by atoms with Gasteiger partial charge in [-0.05, 0) is 51.9 Å². The van der Waals surface area contributed by atoms with Gasteiger partial charge in [-0.25, -0.2) is 4.98 Å². The molecule has 1 heterocycles. The lowest BCUT2D eigenvalue weighted by Gasteiger charge is -2.22. The van der Waals surface area contributed by atoms with Crippen molar-refractivity contribution in [1.29, 1.82) is 0 Å². The van der Waals surface area contributed by atoms with Crippen molar-refractivity contribution in [3.63, 3.8) is 0 Å². The van der Waals surface area contributed by atoms with Crippen LogP contribution >= 0.6 is 11.3 Å². The second-order valence-electron chi connectivity index (χ2n) is 7.06. The zero-order valence-electron chi connectivity index (χ0n) is 13.3. The highest BCUT2D eigenvalue weighted by molar-refractivity contribution is 7.11. The number of nitrogens with two attached hydrogens (primary N) is 1. The minimum Gasteiger partial charge on any atom is -0.384 e. The fourth-order valence-corrected chi connectivity index (χ4v) is 4.55. The molecule has 1 fully saturated rings. The normalized spacial score (nSPS) is 32.1. The molecule has 0 saturated heterocycles. The first-order valence-electron chi connectivity index (χ1n) is 7.66. The molecule has 1 aliphatic carbocycles. The van der Waals surface area contributed by atoms with E-state index in [1.807, 2.05) is 13.8 Å². The molecule has 0 aromatic carbocycles. The van der Waals surface area contributed by atoms with Crippen molar-refractivity contribution >= 4 is 11.3 Å². The molecule has 1 aliphatic rings. The summed E-state index contributed by atoms with van der Waals surface area (Å²) in [7, 11) is 0. The number of thiazole rings is 1. The molecular weight excluding hydrogens is 268 g/mol. The number of rotatable bonds is 2. The van der Waals surface area contributed by atoms with Crippen molar-refractivity contribution in [2.24, 2.45) is 17.6 Å². The van der Waals surface area contributed by atoms with Gasteiger partial charge in [0, 0.05) is 16.8 Å². The fraction of sp³-hybridized carbons (Fsp3) is 0.812. The second-order valence-corrected chi connectivity index (χ2v) is 8.29. The van der Waals surface area contributed by atoms with E-state index < -0.39 is 5.60 Å². The summed E-state index contributed by atoms with van der Waals surface area (Å²) >= 11 is 1.75. The largest absolute Gasteiger partial charge is 0.384 e. The van der Waals surface area contributed by atoms with Gasteiger partial charge >= 0.3 is 0 Å². The second kappa shape index (κ2) is 5.74. The van der Waals surface area contributed by atoms with Crippen LogP contribution in [0.3, 0.4) is 0 Å². The Bertz CT molecular complexity index is 464.